The molecule has 2 atom stereocenters. The van der Waals surface area contributed by atoms with E-state index < -0.39 is 0 Å². The first-order valence-electron chi connectivity index (χ1n) is 4.99. The van der Waals surface area contributed by atoms with Crippen LogP contribution >= 0.6 is 0 Å². The normalized spacial score (nSPS) is 36.2. The van der Waals surface area contributed by atoms with Crippen LogP contribution < -0.4 is 0 Å². The van der Waals surface area contributed by atoms with Gasteiger partial charge in [-0.05, 0) is 26.7 Å². The molecule has 12 heavy (non-hydrogen) atoms. The van der Waals surface area contributed by atoms with Gasteiger partial charge in [-0.25, -0.2) is 0 Å². The van der Waals surface area contributed by atoms with Gasteiger partial charge in [0.15, 0.2) is 6.29 Å². The predicted molar refractivity (Wildman–Crippen MR) is 49.0 cm³/mol. The smallest absolute Gasteiger partial charge is 0.161 e. The van der Waals surface area contributed by atoms with Gasteiger partial charge < -0.3 is 9.47 Å². The van der Waals surface area contributed by atoms with Crippen LogP contribution in [0.2, 0.25) is 0 Å². The Bertz CT molecular complexity index is 122. The van der Waals surface area contributed by atoms with E-state index in [0.29, 0.717) is 5.92 Å². The van der Waals surface area contributed by atoms with E-state index in [4.69, 9.17) is 9.47 Å². The van der Waals surface area contributed by atoms with E-state index in [1.54, 1.807) is 0 Å². The van der Waals surface area contributed by atoms with Crippen LogP contribution in [0.5, 0.6) is 0 Å². The molecule has 0 N–H and O–H groups in total. The van der Waals surface area contributed by atoms with E-state index in [2.05, 4.69) is 27.7 Å². The fraction of sp³-hybridized carbons (Fsp3) is 1.00. The van der Waals surface area contributed by atoms with Gasteiger partial charge in [0.2, 0.25) is 0 Å². The second kappa shape index (κ2) is 4.24. The van der Waals surface area contributed by atoms with E-state index in [1.165, 1.54) is 0 Å². The number of ether oxygens (including phenoxy) is 2. The van der Waals surface area contributed by atoms with Crippen molar-refractivity contribution < 1.29 is 9.47 Å². The molecule has 2 heteroatoms. The lowest BCUT2D eigenvalue weighted by atomic mass is 10.0. The van der Waals surface area contributed by atoms with Gasteiger partial charge in [-0.15, -0.1) is 0 Å². The zero-order valence-corrected chi connectivity index (χ0v) is 8.54. The quantitative estimate of drug-likeness (QED) is 0.651. The zero-order chi connectivity index (χ0) is 9.14. The third-order valence-corrected chi connectivity index (χ3v) is 2.79. The molecular weight excluding hydrogens is 152 g/mol. The lowest BCUT2D eigenvalue weighted by molar-refractivity contribution is -0.103. The maximum atomic E-state index is 5.70. The molecule has 0 aliphatic carbocycles. The summed E-state index contributed by atoms with van der Waals surface area (Å²) in [5.74, 6) is 0.567. The van der Waals surface area contributed by atoms with Crippen LogP contribution in [0, 0.1) is 5.92 Å². The van der Waals surface area contributed by atoms with Crippen LogP contribution in [0.3, 0.4) is 0 Å². The number of hydrogen-bond donors (Lipinski definition) is 0. The molecule has 1 rings (SSSR count). The van der Waals surface area contributed by atoms with Crippen molar-refractivity contribution in [3.63, 3.8) is 0 Å². The Morgan fingerprint density at radius 3 is 1.75 bits per heavy atom. The Kier molecular flexibility index (Phi) is 3.53. The minimum absolute atomic E-state index is 0.0463. The van der Waals surface area contributed by atoms with Gasteiger partial charge in [0, 0.05) is 5.92 Å². The third kappa shape index (κ3) is 1.99. The molecule has 0 aromatic rings. The lowest BCUT2D eigenvalue weighted by Gasteiger charge is -2.19. The van der Waals surface area contributed by atoms with Gasteiger partial charge in [0.05, 0.1) is 12.2 Å². The molecular formula is C10H20O2. The van der Waals surface area contributed by atoms with E-state index in [-0.39, 0.29) is 18.5 Å². The number of hydrogen-bond acceptors (Lipinski definition) is 2. The molecule has 2 nitrogen and oxygen atoms in total. The number of rotatable bonds is 3. The van der Waals surface area contributed by atoms with Crippen LogP contribution in [0.1, 0.15) is 40.5 Å². The highest BCUT2D eigenvalue weighted by atomic mass is 16.7. The van der Waals surface area contributed by atoms with Gasteiger partial charge in [0.1, 0.15) is 0 Å². The second-order valence-corrected chi connectivity index (χ2v) is 3.63. The zero-order valence-electron chi connectivity index (χ0n) is 8.54. The van der Waals surface area contributed by atoms with Crippen molar-refractivity contribution >= 4 is 0 Å². The van der Waals surface area contributed by atoms with Crippen LogP contribution in [0.15, 0.2) is 0 Å². The van der Waals surface area contributed by atoms with Crippen LogP contribution in [0.25, 0.3) is 0 Å². The van der Waals surface area contributed by atoms with Gasteiger partial charge in [0.25, 0.3) is 0 Å². The largest absolute Gasteiger partial charge is 0.347 e. The maximum Gasteiger partial charge on any atom is 0.161 e. The first-order valence-corrected chi connectivity index (χ1v) is 4.99. The highest BCUT2D eigenvalue weighted by molar-refractivity contribution is 4.73. The summed E-state index contributed by atoms with van der Waals surface area (Å²) in [6.07, 6.45) is 2.84. The first kappa shape index (κ1) is 10.0. The highest BCUT2D eigenvalue weighted by Crippen LogP contribution is 2.27. The van der Waals surface area contributed by atoms with Crippen LogP contribution in [0.4, 0.5) is 0 Å². The topological polar surface area (TPSA) is 18.5 Å². The Hall–Kier alpha value is -0.0800. The van der Waals surface area contributed by atoms with Gasteiger partial charge in [-0.3, -0.25) is 0 Å². The Balaban J connectivity index is 2.44. The van der Waals surface area contributed by atoms with Crippen molar-refractivity contribution in [2.75, 3.05) is 0 Å². The average Bonchev–Trinajstić information content (AvgIpc) is 2.35. The minimum Gasteiger partial charge on any atom is -0.347 e. The van der Waals surface area contributed by atoms with E-state index in [9.17, 15) is 0 Å². The predicted octanol–water partition coefficient (Wildman–Crippen LogP) is 2.57. The third-order valence-electron chi connectivity index (χ3n) is 2.79. The van der Waals surface area contributed by atoms with Crippen molar-refractivity contribution in [3.8, 4) is 0 Å². The summed E-state index contributed by atoms with van der Waals surface area (Å²) < 4.78 is 11.4. The molecule has 0 radical (unpaired) electrons. The van der Waals surface area contributed by atoms with Crippen molar-refractivity contribution in [3.05, 3.63) is 0 Å². The first-order chi connectivity index (χ1) is 5.69. The van der Waals surface area contributed by atoms with Crippen molar-refractivity contribution in [1.82, 2.24) is 0 Å². The molecule has 0 amide bonds. The van der Waals surface area contributed by atoms with E-state index in [0.717, 1.165) is 12.8 Å². The van der Waals surface area contributed by atoms with Gasteiger partial charge in [-0.2, -0.15) is 0 Å². The summed E-state index contributed by atoms with van der Waals surface area (Å²) in [5.41, 5.74) is 0. The average molecular weight is 172 g/mol. The SMILES string of the molecule is CCC(CC)C1OC(C)C(C)O1. The molecule has 0 bridgehead atoms. The maximum absolute atomic E-state index is 5.70. The van der Waals surface area contributed by atoms with Crippen LogP contribution in [-0.2, 0) is 9.47 Å². The fourth-order valence-electron chi connectivity index (χ4n) is 1.57. The summed E-state index contributed by atoms with van der Waals surface area (Å²) in [6, 6.07) is 0. The molecule has 1 aliphatic heterocycles. The van der Waals surface area contributed by atoms with E-state index >= 15 is 0 Å². The summed E-state index contributed by atoms with van der Waals surface area (Å²) in [7, 11) is 0. The molecule has 1 fully saturated rings. The molecule has 0 saturated carbocycles. The van der Waals surface area contributed by atoms with Crippen molar-refractivity contribution in [1.29, 1.82) is 0 Å². The highest BCUT2D eigenvalue weighted by Gasteiger charge is 2.33. The van der Waals surface area contributed by atoms with Gasteiger partial charge in [-0.1, -0.05) is 13.8 Å². The molecule has 1 aliphatic rings. The summed E-state index contributed by atoms with van der Waals surface area (Å²) in [6.45, 7) is 8.53. The monoisotopic (exact) mass is 172 g/mol. The Labute approximate surface area is 75.2 Å². The minimum atomic E-state index is 0.0463. The fourth-order valence-corrected chi connectivity index (χ4v) is 1.57. The molecule has 1 saturated heterocycles. The van der Waals surface area contributed by atoms with E-state index in [1.807, 2.05) is 0 Å². The Morgan fingerprint density at radius 2 is 1.42 bits per heavy atom. The lowest BCUT2D eigenvalue weighted by Crippen LogP contribution is -2.20. The van der Waals surface area contributed by atoms with Gasteiger partial charge >= 0.3 is 0 Å². The Morgan fingerprint density at radius 1 is 1.00 bits per heavy atom. The molecule has 0 aromatic carbocycles. The van der Waals surface area contributed by atoms with Crippen LogP contribution in [-0.4, -0.2) is 18.5 Å². The molecule has 0 spiro atoms. The molecule has 72 valence electrons. The van der Waals surface area contributed by atoms with Crippen molar-refractivity contribution in [2.45, 2.75) is 59.0 Å². The summed E-state index contributed by atoms with van der Waals surface area (Å²) in [5, 5.41) is 0. The molecule has 0 aromatic heterocycles. The molecule has 1 heterocycles. The standard InChI is InChI=1S/C10H20O2/c1-5-9(6-2)10-11-7(3)8(4)12-10/h7-10H,5-6H2,1-4H3. The summed E-state index contributed by atoms with van der Waals surface area (Å²) >= 11 is 0. The second-order valence-electron chi connectivity index (χ2n) is 3.63. The molecule has 2 unspecified atom stereocenters. The summed E-state index contributed by atoms with van der Waals surface area (Å²) in [4.78, 5) is 0. The van der Waals surface area contributed by atoms with Crippen molar-refractivity contribution in [2.24, 2.45) is 5.92 Å².